The number of nitrogens with zero attached hydrogens (tertiary/aromatic N) is 2. The van der Waals surface area contributed by atoms with Crippen LogP contribution in [0.15, 0.2) is 24.4 Å². The molecule has 0 fully saturated rings. The van der Waals surface area contributed by atoms with E-state index >= 15 is 0 Å². The number of quaternary nitrogens is 1. The van der Waals surface area contributed by atoms with E-state index in [2.05, 4.69) is 36.1 Å². The van der Waals surface area contributed by atoms with E-state index in [1.165, 1.54) is 0 Å². The van der Waals surface area contributed by atoms with Crippen LogP contribution in [0, 0.1) is 0 Å². The predicted molar refractivity (Wildman–Crippen MR) is 90.4 cm³/mol. The van der Waals surface area contributed by atoms with Crippen LogP contribution < -0.4 is 21.3 Å². The summed E-state index contributed by atoms with van der Waals surface area (Å²) in [7, 11) is 3.18. The summed E-state index contributed by atoms with van der Waals surface area (Å²) in [6, 6.07) is 5.98. The van der Waals surface area contributed by atoms with Crippen molar-refractivity contribution in [2.45, 2.75) is 26.3 Å². The number of benzene rings is 1. The largest absolute Gasteiger partial charge is 0.480 e. The third kappa shape index (κ3) is 4.30. The first kappa shape index (κ1) is 17.0. The highest BCUT2D eigenvalue weighted by Crippen LogP contribution is 2.32. The summed E-state index contributed by atoms with van der Waals surface area (Å²) in [5.41, 5.74) is 10.9. The summed E-state index contributed by atoms with van der Waals surface area (Å²) < 4.78 is 5.30. The smallest absolute Gasteiger partial charge is 0.225 e. The number of nitrogen functional groups attached to an aromatic ring is 1. The highest BCUT2D eigenvalue weighted by atomic mass is 16.6. The Labute approximate surface area is 136 Å². The molecule has 0 saturated carbocycles. The van der Waals surface area contributed by atoms with Crippen LogP contribution in [-0.4, -0.2) is 29.7 Å². The minimum Gasteiger partial charge on any atom is -0.480 e. The van der Waals surface area contributed by atoms with Gasteiger partial charge in [0.1, 0.15) is 0 Å². The minimum atomic E-state index is -0.0557. The number of hydrogen-bond donors (Lipinski definition) is 3. The Bertz CT molecular complexity index is 683. The van der Waals surface area contributed by atoms with Gasteiger partial charge in [-0.1, -0.05) is 6.07 Å². The Morgan fingerprint density at radius 2 is 1.96 bits per heavy atom. The van der Waals surface area contributed by atoms with E-state index in [-0.39, 0.29) is 11.5 Å². The number of rotatable bonds is 5. The zero-order chi connectivity index (χ0) is 17.0. The molecule has 5 N–H and O–H groups in total. The second kappa shape index (κ2) is 6.80. The third-order valence-corrected chi connectivity index (χ3v) is 3.08. The average molecular weight is 318 g/mol. The van der Waals surface area contributed by atoms with Gasteiger partial charge in [0.05, 0.1) is 25.5 Å². The predicted octanol–water partition coefficient (Wildman–Crippen LogP) is 1.70. The van der Waals surface area contributed by atoms with E-state index < -0.39 is 0 Å². The number of hydrogen-bond acceptors (Lipinski definition) is 6. The highest BCUT2D eigenvalue weighted by molar-refractivity contribution is 5.75. The van der Waals surface area contributed by atoms with Crippen LogP contribution >= 0.6 is 0 Å². The molecule has 0 radical (unpaired) electrons. The van der Waals surface area contributed by atoms with E-state index in [9.17, 15) is 0 Å². The lowest BCUT2D eigenvalue weighted by atomic mass is 10.0. The molecule has 2 aromatic rings. The number of anilines is 2. The topological polar surface area (TPSA) is 98.9 Å². The number of aromatic nitrogens is 2. The van der Waals surface area contributed by atoms with Gasteiger partial charge in [-0.3, -0.25) is 0 Å². The molecule has 0 amide bonds. The van der Waals surface area contributed by atoms with Crippen LogP contribution in [0.25, 0.3) is 11.1 Å². The van der Waals surface area contributed by atoms with E-state index in [0.717, 1.165) is 22.5 Å². The Balaban J connectivity index is 2.47. The van der Waals surface area contributed by atoms with Gasteiger partial charge in [0, 0.05) is 17.8 Å². The van der Waals surface area contributed by atoms with Gasteiger partial charge < -0.3 is 15.8 Å². The lowest BCUT2D eigenvalue weighted by Gasteiger charge is -2.23. The quantitative estimate of drug-likeness (QED) is 0.573. The van der Waals surface area contributed by atoms with Gasteiger partial charge in [0.25, 0.3) is 0 Å². The molecule has 7 nitrogen and oxygen atoms in total. The fourth-order valence-corrected chi connectivity index (χ4v) is 2.21. The molecule has 0 spiro atoms. The van der Waals surface area contributed by atoms with Gasteiger partial charge in [-0.2, -0.15) is 10.5 Å². The van der Waals surface area contributed by atoms with Gasteiger partial charge >= 0.3 is 0 Å². The van der Waals surface area contributed by atoms with Crippen molar-refractivity contribution in [1.29, 1.82) is 0 Å². The van der Waals surface area contributed by atoms with Crippen LogP contribution in [0.2, 0.25) is 0 Å². The molecule has 0 unspecified atom stereocenters. The molecular weight excluding hydrogens is 294 g/mol. The molecule has 0 aliphatic carbocycles. The Hall–Kier alpha value is -2.38. The second-order valence-corrected chi connectivity index (χ2v) is 6.18. The first-order chi connectivity index (χ1) is 10.8. The van der Waals surface area contributed by atoms with E-state index in [0.29, 0.717) is 5.88 Å². The number of nitrogens with one attached hydrogen (secondary N) is 1. The molecule has 7 heteroatoms. The van der Waals surface area contributed by atoms with Gasteiger partial charge in [-0.05, 0) is 32.4 Å². The van der Waals surface area contributed by atoms with Gasteiger partial charge in [0.2, 0.25) is 11.8 Å². The zero-order valence-electron chi connectivity index (χ0n) is 14.2. The Morgan fingerprint density at radius 1 is 1.22 bits per heavy atom. The average Bonchev–Trinajstić information content (AvgIpc) is 2.48. The number of methoxy groups -OCH3 is 1. The summed E-state index contributed by atoms with van der Waals surface area (Å²) in [5.74, 6) is 0.623. The van der Waals surface area contributed by atoms with Crippen molar-refractivity contribution >= 4 is 17.3 Å². The maximum absolute atomic E-state index is 5.61. The van der Waals surface area contributed by atoms with E-state index in [4.69, 9.17) is 15.3 Å². The van der Waals surface area contributed by atoms with Crippen molar-refractivity contribution in [3.8, 4) is 17.0 Å². The monoisotopic (exact) mass is 318 g/mol. The van der Waals surface area contributed by atoms with Crippen LogP contribution in [-0.2, 0) is 4.84 Å². The van der Waals surface area contributed by atoms with Gasteiger partial charge in [-0.15, -0.1) is 0 Å². The van der Waals surface area contributed by atoms with E-state index in [1.54, 1.807) is 25.9 Å². The molecule has 1 aromatic heterocycles. The van der Waals surface area contributed by atoms with E-state index in [1.807, 2.05) is 18.2 Å². The molecule has 0 saturated heterocycles. The zero-order valence-corrected chi connectivity index (χ0v) is 14.2. The van der Waals surface area contributed by atoms with Crippen molar-refractivity contribution in [3.63, 3.8) is 0 Å². The molecule has 1 aromatic carbocycles. The Morgan fingerprint density at radius 3 is 2.57 bits per heavy atom. The first-order valence-corrected chi connectivity index (χ1v) is 7.29. The van der Waals surface area contributed by atoms with Crippen LogP contribution in [0.4, 0.5) is 17.3 Å². The third-order valence-electron chi connectivity index (χ3n) is 3.08. The molecule has 124 valence electrons. The van der Waals surface area contributed by atoms with Crippen molar-refractivity contribution in [2.24, 2.45) is 0 Å². The molecule has 23 heavy (non-hydrogen) atoms. The molecular formula is C16H24N5O2+. The molecule has 1 heterocycles. The summed E-state index contributed by atoms with van der Waals surface area (Å²) in [6.45, 7) is 6.32. The van der Waals surface area contributed by atoms with Crippen molar-refractivity contribution < 1.29 is 15.1 Å². The highest BCUT2D eigenvalue weighted by Gasteiger charge is 2.17. The first-order valence-electron chi connectivity index (χ1n) is 7.29. The second-order valence-electron chi connectivity index (χ2n) is 6.18. The lowest BCUT2D eigenvalue weighted by Crippen LogP contribution is -2.76. The molecule has 0 aliphatic heterocycles. The van der Waals surface area contributed by atoms with Crippen LogP contribution in [0.3, 0.4) is 0 Å². The normalized spacial score (nSPS) is 11.3. The van der Waals surface area contributed by atoms with Crippen LogP contribution in [0.5, 0.6) is 5.88 Å². The lowest BCUT2D eigenvalue weighted by molar-refractivity contribution is -0.829. The van der Waals surface area contributed by atoms with Crippen molar-refractivity contribution in [1.82, 2.24) is 9.97 Å². The summed E-state index contributed by atoms with van der Waals surface area (Å²) >= 11 is 0. The maximum Gasteiger partial charge on any atom is 0.225 e. The van der Waals surface area contributed by atoms with Gasteiger partial charge in [-0.25, -0.2) is 9.82 Å². The van der Waals surface area contributed by atoms with Crippen molar-refractivity contribution in [3.05, 3.63) is 24.4 Å². The molecule has 0 atom stereocenters. The minimum absolute atomic E-state index is 0.0557. The summed E-state index contributed by atoms with van der Waals surface area (Å²) in [5, 5.41) is 3.46. The fourth-order valence-electron chi connectivity index (χ4n) is 2.21. The number of nitrogens with two attached hydrogens (primary N) is 2. The molecule has 2 rings (SSSR count). The maximum atomic E-state index is 5.61. The molecule has 0 bridgehead atoms. The fraction of sp³-hybridized carbons (Fsp3) is 0.375. The summed E-state index contributed by atoms with van der Waals surface area (Å²) in [4.78, 5) is 13.4. The number of ether oxygens (including phenoxy) is 1. The van der Waals surface area contributed by atoms with Gasteiger partial charge in [0.15, 0.2) is 5.69 Å². The molecule has 0 aliphatic rings. The van der Waals surface area contributed by atoms with Crippen LogP contribution in [0.1, 0.15) is 20.8 Å². The SMILES string of the molecule is CO[NH2+]c1cc(-c2cnc(N)nc2OC)ccc1NC(C)(C)C. The van der Waals surface area contributed by atoms with Crippen molar-refractivity contribution in [2.75, 3.05) is 25.3 Å². The standard InChI is InChI=1S/C16H23N5O2/c1-16(2,3)20-12-7-6-10(8-13(12)21-23-5)11-9-18-15(17)19-14(11)22-4/h6-9,20-21H,1-5H3,(H2,17,18,19)/p+1. The summed E-state index contributed by atoms with van der Waals surface area (Å²) in [6.07, 6.45) is 1.66. The Kier molecular flexibility index (Phi) is 5.02.